The third kappa shape index (κ3) is 9.24. The lowest BCUT2D eigenvalue weighted by atomic mass is 10.3. The van der Waals surface area contributed by atoms with E-state index in [1.54, 1.807) is 6.92 Å². The van der Waals surface area contributed by atoms with E-state index in [0.29, 0.717) is 5.57 Å². The average Bonchev–Trinajstić information content (AvgIpc) is 2.71. The van der Waals surface area contributed by atoms with Crippen LogP contribution in [0.25, 0.3) is 0 Å². The molecule has 1 saturated heterocycles. The van der Waals surface area contributed by atoms with E-state index in [9.17, 15) is 4.79 Å². The number of aliphatic carboxylic acids is 1. The van der Waals surface area contributed by atoms with Gasteiger partial charge in [0.1, 0.15) is 0 Å². The molecule has 1 aliphatic rings. The molecule has 1 rings (SSSR count). The highest BCUT2D eigenvalue weighted by Crippen LogP contribution is 2.09. The molecule has 0 saturated carbocycles. The zero-order valence-corrected chi connectivity index (χ0v) is 10.7. The van der Waals surface area contributed by atoms with Crippen molar-refractivity contribution in [2.75, 3.05) is 13.1 Å². The molecular formula is C12H23NO3. The van der Waals surface area contributed by atoms with Gasteiger partial charge in [-0.15, -0.1) is 0 Å². The normalized spacial score (nSPS) is 12.9. The Morgan fingerprint density at radius 1 is 1.12 bits per heavy atom. The second-order valence-electron chi connectivity index (χ2n) is 3.30. The summed E-state index contributed by atoms with van der Waals surface area (Å²) in [5.74, 6) is -0.711. The first kappa shape index (κ1) is 17.1. The van der Waals surface area contributed by atoms with E-state index in [2.05, 4.69) is 6.58 Å². The summed E-state index contributed by atoms with van der Waals surface area (Å²) in [5.41, 5.74) is 0.655. The molecule has 0 aromatic carbocycles. The number of nitrogens with zero attached hydrogens (tertiary/aromatic N) is 1. The van der Waals surface area contributed by atoms with Gasteiger partial charge < -0.3 is 10.0 Å². The molecule has 1 aliphatic heterocycles. The van der Waals surface area contributed by atoms with Gasteiger partial charge >= 0.3 is 0 Å². The van der Waals surface area contributed by atoms with Crippen molar-refractivity contribution in [3.05, 3.63) is 12.2 Å². The van der Waals surface area contributed by atoms with E-state index in [4.69, 9.17) is 9.90 Å². The fourth-order valence-electron chi connectivity index (χ4n) is 1.19. The zero-order valence-electron chi connectivity index (χ0n) is 10.7. The minimum atomic E-state index is -0.833. The third-order valence-electron chi connectivity index (χ3n) is 1.76. The second-order valence-corrected chi connectivity index (χ2v) is 3.30. The van der Waals surface area contributed by atoms with Crippen LogP contribution in [0.4, 0.5) is 0 Å². The molecule has 4 heteroatoms. The van der Waals surface area contributed by atoms with E-state index < -0.39 is 5.97 Å². The molecule has 0 radical (unpaired) electrons. The van der Waals surface area contributed by atoms with Crippen LogP contribution in [0.1, 0.15) is 40.5 Å². The fourth-order valence-corrected chi connectivity index (χ4v) is 1.19. The Balaban J connectivity index is 0. The van der Waals surface area contributed by atoms with Gasteiger partial charge in [0, 0.05) is 25.6 Å². The number of hydrogen-bond donors (Lipinski definition) is 1. The van der Waals surface area contributed by atoms with Crippen molar-refractivity contribution in [2.45, 2.75) is 40.5 Å². The number of carbonyl (C=O) groups is 2. The van der Waals surface area contributed by atoms with Gasteiger partial charge in [0.2, 0.25) is 5.91 Å². The number of carboxylic acids is 1. The van der Waals surface area contributed by atoms with Crippen LogP contribution in [0.3, 0.4) is 0 Å². The molecule has 1 fully saturated rings. The van der Waals surface area contributed by atoms with Crippen LogP contribution in [0.5, 0.6) is 0 Å². The molecule has 94 valence electrons. The Kier molecular flexibility index (Phi) is 10.9. The smallest absolute Gasteiger partial charge is 0.300 e. The predicted molar refractivity (Wildman–Crippen MR) is 65.3 cm³/mol. The highest BCUT2D eigenvalue weighted by atomic mass is 16.4. The highest BCUT2D eigenvalue weighted by Gasteiger charge is 2.17. The standard InChI is InChI=1S/C8H13NO.C2H4O2.C2H6/c1-7(2)8(10)9-5-3-4-6-9;1-2(3)4;1-2/h1,3-6H2,2H3;1H3,(H,3,4);1-2H3. The Morgan fingerprint density at radius 2 is 1.44 bits per heavy atom. The minimum Gasteiger partial charge on any atom is -0.481 e. The first-order valence-electron chi connectivity index (χ1n) is 5.59. The van der Waals surface area contributed by atoms with Gasteiger partial charge in [0.15, 0.2) is 0 Å². The molecule has 0 bridgehead atoms. The molecular weight excluding hydrogens is 206 g/mol. The Hall–Kier alpha value is -1.32. The van der Waals surface area contributed by atoms with Gasteiger partial charge in [0.05, 0.1) is 0 Å². The molecule has 1 heterocycles. The van der Waals surface area contributed by atoms with Gasteiger partial charge in [0.25, 0.3) is 5.97 Å². The number of rotatable bonds is 1. The first-order valence-corrected chi connectivity index (χ1v) is 5.59. The van der Waals surface area contributed by atoms with E-state index in [-0.39, 0.29) is 5.91 Å². The maximum Gasteiger partial charge on any atom is 0.300 e. The summed E-state index contributed by atoms with van der Waals surface area (Å²) < 4.78 is 0. The van der Waals surface area contributed by atoms with E-state index in [1.165, 1.54) is 0 Å². The van der Waals surface area contributed by atoms with Crippen LogP contribution in [-0.2, 0) is 9.59 Å². The van der Waals surface area contributed by atoms with Crippen molar-refractivity contribution < 1.29 is 14.7 Å². The van der Waals surface area contributed by atoms with E-state index >= 15 is 0 Å². The topological polar surface area (TPSA) is 57.6 Å². The molecule has 16 heavy (non-hydrogen) atoms. The summed E-state index contributed by atoms with van der Waals surface area (Å²) in [7, 11) is 0. The SMILES string of the molecule is C=C(C)C(=O)N1CCCC1.CC.CC(=O)O. The number of carbonyl (C=O) groups excluding carboxylic acids is 1. The summed E-state index contributed by atoms with van der Waals surface area (Å²) >= 11 is 0. The number of amides is 1. The highest BCUT2D eigenvalue weighted by molar-refractivity contribution is 5.92. The molecule has 0 aliphatic carbocycles. The van der Waals surface area contributed by atoms with Crippen LogP contribution in [-0.4, -0.2) is 35.0 Å². The van der Waals surface area contributed by atoms with Crippen LogP contribution in [0.15, 0.2) is 12.2 Å². The predicted octanol–water partition coefficient (Wildman–Crippen LogP) is 2.30. The Labute approximate surface area is 97.9 Å². The quantitative estimate of drug-likeness (QED) is 0.702. The largest absolute Gasteiger partial charge is 0.481 e. The van der Waals surface area contributed by atoms with Crippen LogP contribution in [0, 0.1) is 0 Å². The maximum absolute atomic E-state index is 11.2. The third-order valence-corrected chi connectivity index (χ3v) is 1.76. The lowest BCUT2D eigenvalue weighted by Crippen LogP contribution is -2.27. The monoisotopic (exact) mass is 229 g/mol. The molecule has 0 atom stereocenters. The second kappa shape index (κ2) is 10.2. The molecule has 4 nitrogen and oxygen atoms in total. The van der Waals surface area contributed by atoms with Crippen LogP contribution < -0.4 is 0 Å². The van der Waals surface area contributed by atoms with Crippen molar-refractivity contribution in [2.24, 2.45) is 0 Å². The first-order chi connectivity index (χ1) is 7.45. The maximum atomic E-state index is 11.2. The molecule has 0 aromatic heterocycles. The molecule has 0 spiro atoms. The van der Waals surface area contributed by atoms with Crippen molar-refractivity contribution in [3.8, 4) is 0 Å². The Bertz CT molecular complexity index is 226. The van der Waals surface area contributed by atoms with Crippen molar-refractivity contribution in [1.82, 2.24) is 4.90 Å². The molecule has 0 aromatic rings. The van der Waals surface area contributed by atoms with E-state index in [1.807, 2.05) is 18.7 Å². The number of carboxylic acid groups (broad SMARTS) is 1. The van der Waals surface area contributed by atoms with Crippen molar-refractivity contribution in [3.63, 3.8) is 0 Å². The average molecular weight is 229 g/mol. The summed E-state index contributed by atoms with van der Waals surface area (Å²) in [6.45, 7) is 12.3. The zero-order chi connectivity index (χ0) is 13.1. The lowest BCUT2D eigenvalue weighted by molar-refractivity contribution is -0.134. The summed E-state index contributed by atoms with van der Waals surface area (Å²) in [5, 5.41) is 7.42. The number of likely N-dealkylation sites (tertiary alicyclic amines) is 1. The Morgan fingerprint density at radius 3 is 1.69 bits per heavy atom. The molecule has 1 amide bonds. The molecule has 0 unspecified atom stereocenters. The summed E-state index contributed by atoms with van der Waals surface area (Å²) in [6, 6.07) is 0. The lowest BCUT2D eigenvalue weighted by Gasteiger charge is -2.14. The summed E-state index contributed by atoms with van der Waals surface area (Å²) in [4.78, 5) is 22.0. The van der Waals surface area contributed by atoms with Crippen molar-refractivity contribution in [1.29, 1.82) is 0 Å². The summed E-state index contributed by atoms with van der Waals surface area (Å²) in [6.07, 6.45) is 2.30. The number of hydrogen-bond acceptors (Lipinski definition) is 2. The van der Waals surface area contributed by atoms with Gasteiger partial charge in [-0.3, -0.25) is 9.59 Å². The van der Waals surface area contributed by atoms with Crippen molar-refractivity contribution >= 4 is 11.9 Å². The van der Waals surface area contributed by atoms with Gasteiger partial charge in [-0.25, -0.2) is 0 Å². The van der Waals surface area contributed by atoms with Gasteiger partial charge in [-0.1, -0.05) is 20.4 Å². The minimum absolute atomic E-state index is 0.123. The fraction of sp³-hybridized carbons (Fsp3) is 0.667. The van der Waals surface area contributed by atoms with E-state index in [0.717, 1.165) is 32.9 Å². The van der Waals surface area contributed by atoms with Crippen LogP contribution >= 0.6 is 0 Å². The van der Waals surface area contributed by atoms with Gasteiger partial charge in [-0.2, -0.15) is 0 Å². The van der Waals surface area contributed by atoms with Crippen LogP contribution in [0.2, 0.25) is 0 Å². The molecule has 1 N–H and O–H groups in total. The van der Waals surface area contributed by atoms with Gasteiger partial charge in [-0.05, 0) is 19.8 Å².